The van der Waals surface area contributed by atoms with Crippen molar-refractivity contribution in [1.82, 2.24) is 0 Å². The number of isocyanates is 1. The van der Waals surface area contributed by atoms with Gasteiger partial charge in [0, 0.05) is 5.56 Å². The maximum Gasteiger partial charge on any atom is 0.240 e. The van der Waals surface area contributed by atoms with Crippen molar-refractivity contribution in [3.05, 3.63) is 35.5 Å². The molecule has 1 aromatic rings. The van der Waals surface area contributed by atoms with Gasteiger partial charge in [-0.1, -0.05) is 18.2 Å². The predicted octanol–water partition coefficient (Wildman–Crippen LogP) is 1.76. The summed E-state index contributed by atoms with van der Waals surface area (Å²) >= 11 is 0. The van der Waals surface area contributed by atoms with Gasteiger partial charge in [-0.2, -0.15) is 4.99 Å². The highest BCUT2D eigenvalue weighted by molar-refractivity contribution is 5.62. The van der Waals surface area contributed by atoms with Crippen LogP contribution in [0, 0.1) is 0 Å². The molecule has 1 aliphatic rings. The second-order valence-corrected chi connectivity index (χ2v) is 2.67. The number of para-hydroxylation sites is 1. The van der Waals surface area contributed by atoms with Crippen LogP contribution in [0.2, 0.25) is 0 Å². The fourth-order valence-electron chi connectivity index (χ4n) is 1.23. The molecule has 0 aromatic heterocycles. The SMILES string of the molecule is O=C=NC1=Cc2ccccc2OC1. The van der Waals surface area contributed by atoms with Crippen molar-refractivity contribution in [2.45, 2.75) is 0 Å². The van der Waals surface area contributed by atoms with Gasteiger partial charge in [0.2, 0.25) is 6.08 Å². The number of hydrogen-bond donors (Lipinski definition) is 0. The van der Waals surface area contributed by atoms with Gasteiger partial charge in [0.05, 0.1) is 5.70 Å². The third-order valence-corrected chi connectivity index (χ3v) is 1.81. The van der Waals surface area contributed by atoms with Gasteiger partial charge >= 0.3 is 0 Å². The van der Waals surface area contributed by atoms with E-state index >= 15 is 0 Å². The third-order valence-electron chi connectivity index (χ3n) is 1.81. The number of rotatable bonds is 1. The summed E-state index contributed by atoms with van der Waals surface area (Å²) in [7, 11) is 0. The Hall–Kier alpha value is -1.86. The van der Waals surface area contributed by atoms with Crippen LogP contribution in [0.15, 0.2) is 35.0 Å². The number of benzene rings is 1. The largest absolute Gasteiger partial charge is 0.487 e. The second kappa shape index (κ2) is 3.25. The first kappa shape index (κ1) is 7.77. The fourth-order valence-corrected chi connectivity index (χ4v) is 1.23. The summed E-state index contributed by atoms with van der Waals surface area (Å²) in [5.74, 6) is 0.826. The smallest absolute Gasteiger partial charge is 0.240 e. The minimum absolute atomic E-state index is 0.340. The van der Waals surface area contributed by atoms with Gasteiger partial charge in [-0.15, -0.1) is 0 Å². The van der Waals surface area contributed by atoms with Gasteiger partial charge in [-0.3, -0.25) is 0 Å². The molecule has 3 heteroatoms. The molecule has 2 rings (SSSR count). The minimum Gasteiger partial charge on any atom is -0.487 e. The Morgan fingerprint density at radius 1 is 1.38 bits per heavy atom. The van der Waals surface area contributed by atoms with E-state index in [1.165, 1.54) is 6.08 Å². The maximum absolute atomic E-state index is 10.00. The van der Waals surface area contributed by atoms with Crippen molar-refractivity contribution in [3.8, 4) is 5.75 Å². The third kappa shape index (κ3) is 1.50. The summed E-state index contributed by atoms with van der Waals surface area (Å²) in [6, 6.07) is 7.61. The van der Waals surface area contributed by atoms with E-state index in [4.69, 9.17) is 4.74 Å². The Bertz CT molecular complexity index is 403. The average molecular weight is 173 g/mol. The molecule has 0 unspecified atom stereocenters. The van der Waals surface area contributed by atoms with Crippen molar-refractivity contribution >= 4 is 12.2 Å². The van der Waals surface area contributed by atoms with Crippen molar-refractivity contribution < 1.29 is 9.53 Å². The second-order valence-electron chi connectivity index (χ2n) is 2.67. The van der Waals surface area contributed by atoms with E-state index in [0.717, 1.165) is 11.3 Å². The molecule has 1 heterocycles. The highest BCUT2D eigenvalue weighted by atomic mass is 16.5. The normalized spacial score (nSPS) is 13.4. The molecule has 0 saturated heterocycles. The predicted molar refractivity (Wildman–Crippen MR) is 48.0 cm³/mol. The molecule has 0 aliphatic carbocycles. The van der Waals surface area contributed by atoms with Crippen LogP contribution in [0.1, 0.15) is 5.56 Å². The number of aliphatic imine (C=N–C) groups is 1. The fraction of sp³-hybridized carbons (Fsp3) is 0.100. The standard InChI is InChI=1S/C10H7NO2/c12-7-11-9-5-8-3-1-2-4-10(8)13-6-9/h1-5H,6H2. The number of fused-ring (bicyclic) bond motifs is 1. The van der Waals surface area contributed by atoms with E-state index in [-0.39, 0.29) is 0 Å². The van der Waals surface area contributed by atoms with Crippen LogP contribution in [0.4, 0.5) is 0 Å². The van der Waals surface area contributed by atoms with Crippen molar-refractivity contribution in [3.63, 3.8) is 0 Å². The number of hydrogen-bond acceptors (Lipinski definition) is 3. The molecular formula is C10H7NO2. The number of carbonyl (C=O) groups excluding carboxylic acids is 1. The first-order valence-corrected chi connectivity index (χ1v) is 3.90. The summed E-state index contributed by atoms with van der Waals surface area (Å²) < 4.78 is 5.35. The van der Waals surface area contributed by atoms with Crippen molar-refractivity contribution in [2.75, 3.05) is 6.61 Å². The van der Waals surface area contributed by atoms with E-state index in [1.54, 1.807) is 0 Å². The minimum atomic E-state index is 0.340. The summed E-state index contributed by atoms with van der Waals surface area (Å²) in [6.07, 6.45) is 3.32. The first-order valence-electron chi connectivity index (χ1n) is 3.90. The Morgan fingerprint density at radius 2 is 2.23 bits per heavy atom. The van der Waals surface area contributed by atoms with Gasteiger partial charge in [0.15, 0.2) is 0 Å². The lowest BCUT2D eigenvalue weighted by Gasteiger charge is -2.13. The molecule has 1 aliphatic heterocycles. The lowest BCUT2D eigenvalue weighted by molar-refractivity contribution is 0.346. The molecule has 0 atom stereocenters. The topological polar surface area (TPSA) is 38.7 Å². The zero-order chi connectivity index (χ0) is 9.10. The van der Waals surface area contributed by atoms with Crippen LogP contribution in [-0.4, -0.2) is 12.7 Å². The van der Waals surface area contributed by atoms with Gasteiger partial charge in [-0.05, 0) is 12.1 Å². The van der Waals surface area contributed by atoms with Crippen LogP contribution in [0.3, 0.4) is 0 Å². The van der Waals surface area contributed by atoms with Gasteiger partial charge in [0.25, 0.3) is 0 Å². The van der Waals surface area contributed by atoms with Crippen molar-refractivity contribution in [2.24, 2.45) is 4.99 Å². The van der Waals surface area contributed by atoms with Crippen LogP contribution in [-0.2, 0) is 4.79 Å². The van der Waals surface area contributed by atoms with Crippen LogP contribution >= 0.6 is 0 Å². The quantitative estimate of drug-likeness (QED) is 0.479. The van der Waals surface area contributed by atoms with Crippen molar-refractivity contribution in [1.29, 1.82) is 0 Å². The lowest BCUT2D eigenvalue weighted by atomic mass is 10.1. The Labute approximate surface area is 75.4 Å². The Kier molecular flexibility index (Phi) is 1.94. The van der Waals surface area contributed by atoms with Crippen LogP contribution < -0.4 is 4.74 Å². The summed E-state index contributed by atoms with van der Waals surface area (Å²) in [4.78, 5) is 13.5. The molecular weight excluding hydrogens is 166 g/mol. The Balaban J connectivity index is 2.43. The number of ether oxygens (including phenoxy) is 1. The summed E-state index contributed by atoms with van der Waals surface area (Å²) in [5, 5.41) is 0. The van der Waals surface area contributed by atoms with E-state index < -0.39 is 0 Å². The van der Waals surface area contributed by atoms with Gasteiger partial charge < -0.3 is 4.74 Å². The maximum atomic E-state index is 10.00. The molecule has 3 nitrogen and oxygen atoms in total. The van der Waals surface area contributed by atoms with E-state index in [0.29, 0.717) is 12.3 Å². The molecule has 1 aromatic carbocycles. The highest BCUT2D eigenvalue weighted by Gasteiger charge is 2.08. The van der Waals surface area contributed by atoms with E-state index in [9.17, 15) is 4.79 Å². The zero-order valence-electron chi connectivity index (χ0n) is 6.86. The van der Waals surface area contributed by atoms with Crippen LogP contribution in [0.5, 0.6) is 5.75 Å². The first-order chi connectivity index (χ1) is 6.40. The molecule has 0 fully saturated rings. The Morgan fingerprint density at radius 3 is 3.08 bits per heavy atom. The van der Waals surface area contributed by atoms with E-state index in [1.807, 2.05) is 30.3 Å². The average Bonchev–Trinajstić information content (AvgIpc) is 2.18. The number of nitrogens with zero attached hydrogens (tertiary/aromatic N) is 1. The summed E-state index contributed by atoms with van der Waals surface area (Å²) in [5.41, 5.74) is 1.55. The molecule has 0 amide bonds. The zero-order valence-corrected chi connectivity index (χ0v) is 6.86. The highest BCUT2D eigenvalue weighted by Crippen LogP contribution is 2.25. The van der Waals surface area contributed by atoms with Gasteiger partial charge in [0.1, 0.15) is 12.4 Å². The van der Waals surface area contributed by atoms with E-state index in [2.05, 4.69) is 4.99 Å². The lowest BCUT2D eigenvalue weighted by Crippen LogP contribution is -2.05. The molecule has 0 spiro atoms. The summed E-state index contributed by atoms with van der Waals surface area (Å²) in [6.45, 7) is 0.340. The molecule has 13 heavy (non-hydrogen) atoms. The monoisotopic (exact) mass is 173 g/mol. The molecule has 0 bridgehead atoms. The van der Waals surface area contributed by atoms with Crippen LogP contribution in [0.25, 0.3) is 6.08 Å². The molecule has 0 N–H and O–H groups in total. The molecule has 64 valence electrons. The molecule has 0 radical (unpaired) electrons. The molecule has 0 saturated carbocycles. The van der Waals surface area contributed by atoms with Gasteiger partial charge in [-0.25, -0.2) is 4.79 Å².